The second-order valence-electron chi connectivity index (χ2n) is 4.92. The number of aliphatic hydroxyl groups excluding tert-OH is 1. The van der Waals surface area contributed by atoms with Crippen LogP contribution in [0.15, 0.2) is 16.4 Å². The highest BCUT2D eigenvalue weighted by Crippen LogP contribution is 2.14. The first kappa shape index (κ1) is 19.7. The zero-order valence-electron chi connectivity index (χ0n) is 13.6. The standard InChI is InChI=1S/C15H27N3O2S/c1-6-13(8-7-9-19)10-17-14(18(5)12(3)20)11(2)15(21)16-4/h10,13,19H,6-9H2,1-5H3,(H,16,21)/b14-11-,17-10?. The molecule has 0 aromatic rings. The molecule has 0 aliphatic heterocycles. The number of aliphatic imine (C=N–C) groups is 1. The first-order chi connectivity index (χ1) is 9.88. The van der Waals surface area contributed by atoms with Crippen molar-refractivity contribution in [3.63, 3.8) is 0 Å². The molecule has 0 aromatic carbocycles. The predicted molar refractivity (Wildman–Crippen MR) is 91.4 cm³/mol. The molecular weight excluding hydrogens is 286 g/mol. The van der Waals surface area contributed by atoms with Gasteiger partial charge in [0.15, 0.2) is 0 Å². The molecule has 0 bridgehead atoms. The molecule has 0 aromatic heterocycles. The number of hydrogen-bond acceptors (Lipinski definition) is 4. The molecule has 0 saturated carbocycles. The molecule has 6 heteroatoms. The lowest BCUT2D eigenvalue weighted by molar-refractivity contribution is -0.125. The van der Waals surface area contributed by atoms with Crippen LogP contribution in [0.25, 0.3) is 0 Å². The molecule has 5 nitrogen and oxygen atoms in total. The Morgan fingerprint density at radius 1 is 1.48 bits per heavy atom. The van der Waals surface area contributed by atoms with Crippen LogP contribution in [0.4, 0.5) is 0 Å². The third-order valence-electron chi connectivity index (χ3n) is 3.36. The van der Waals surface area contributed by atoms with E-state index in [0.29, 0.717) is 10.8 Å². The molecule has 0 aliphatic rings. The normalized spacial score (nSPS) is 13.8. The van der Waals surface area contributed by atoms with Crippen molar-refractivity contribution in [2.75, 3.05) is 20.7 Å². The molecule has 0 fully saturated rings. The van der Waals surface area contributed by atoms with Gasteiger partial charge in [-0.3, -0.25) is 9.69 Å². The Morgan fingerprint density at radius 3 is 2.52 bits per heavy atom. The van der Waals surface area contributed by atoms with Crippen LogP contribution in [0.3, 0.4) is 0 Å². The summed E-state index contributed by atoms with van der Waals surface area (Å²) < 4.78 is 0. The van der Waals surface area contributed by atoms with E-state index in [9.17, 15) is 4.79 Å². The fourth-order valence-corrected chi connectivity index (χ4v) is 1.88. The monoisotopic (exact) mass is 313 g/mol. The van der Waals surface area contributed by atoms with E-state index in [1.807, 2.05) is 13.1 Å². The Kier molecular flexibility index (Phi) is 9.82. The second-order valence-corrected chi connectivity index (χ2v) is 5.33. The summed E-state index contributed by atoms with van der Waals surface area (Å²) in [6.07, 6.45) is 4.42. The largest absolute Gasteiger partial charge is 0.396 e. The number of aliphatic hydroxyl groups is 1. The Labute approximate surface area is 133 Å². The Balaban J connectivity index is 5.33. The predicted octanol–water partition coefficient (Wildman–Crippen LogP) is 2.11. The van der Waals surface area contributed by atoms with Crippen LogP contribution < -0.4 is 5.32 Å². The number of nitrogens with zero attached hydrogens (tertiary/aromatic N) is 2. The van der Waals surface area contributed by atoms with Gasteiger partial charge in [0.1, 0.15) is 10.8 Å². The molecule has 0 spiro atoms. The molecule has 21 heavy (non-hydrogen) atoms. The molecule has 0 aliphatic carbocycles. The van der Waals surface area contributed by atoms with Crippen LogP contribution in [-0.4, -0.2) is 47.8 Å². The minimum absolute atomic E-state index is 0.0937. The van der Waals surface area contributed by atoms with Crippen LogP contribution in [-0.2, 0) is 4.79 Å². The topological polar surface area (TPSA) is 64.9 Å². The van der Waals surface area contributed by atoms with Gasteiger partial charge in [-0.1, -0.05) is 19.1 Å². The summed E-state index contributed by atoms with van der Waals surface area (Å²) in [5, 5.41) is 11.8. The molecule has 0 heterocycles. The van der Waals surface area contributed by atoms with Gasteiger partial charge in [0.05, 0.1) is 0 Å². The number of amides is 1. The highest BCUT2D eigenvalue weighted by Gasteiger charge is 2.14. The maximum atomic E-state index is 11.6. The third kappa shape index (κ3) is 6.82. The summed E-state index contributed by atoms with van der Waals surface area (Å²) >= 11 is 5.22. The zero-order valence-corrected chi connectivity index (χ0v) is 14.5. The third-order valence-corrected chi connectivity index (χ3v) is 3.87. The van der Waals surface area contributed by atoms with Crippen molar-refractivity contribution in [2.45, 2.75) is 40.0 Å². The molecule has 0 saturated heterocycles. The van der Waals surface area contributed by atoms with Gasteiger partial charge in [0, 0.05) is 39.4 Å². The molecular formula is C15H27N3O2S. The molecule has 1 atom stereocenters. The summed E-state index contributed by atoms with van der Waals surface area (Å²) in [5.41, 5.74) is 0.762. The van der Waals surface area contributed by atoms with E-state index in [-0.39, 0.29) is 18.4 Å². The van der Waals surface area contributed by atoms with E-state index in [1.165, 1.54) is 11.8 Å². The summed E-state index contributed by atoms with van der Waals surface area (Å²) in [4.78, 5) is 18.2. The molecule has 1 unspecified atom stereocenters. The summed E-state index contributed by atoms with van der Waals surface area (Å²) in [5.74, 6) is 0.747. The van der Waals surface area contributed by atoms with Gasteiger partial charge in [-0.05, 0) is 32.1 Å². The number of nitrogens with one attached hydrogen (secondary N) is 1. The first-order valence-corrected chi connectivity index (χ1v) is 7.62. The number of thiocarbonyl (C=S) groups is 1. The first-order valence-electron chi connectivity index (χ1n) is 7.21. The maximum absolute atomic E-state index is 11.6. The van der Waals surface area contributed by atoms with E-state index in [2.05, 4.69) is 17.2 Å². The molecule has 120 valence electrons. The Hall–Kier alpha value is -1.27. The number of hydrogen-bond donors (Lipinski definition) is 2. The van der Waals surface area contributed by atoms with Gasteiger partial charge in [0.2, 0.25) is 5.91 Å². The lowest BCUT2D eigenvalue weighted by Crippen LogP contribution is -2.27. The Morgan fingerprint density at radius 2 is 2.10 bits per heavy atom. The van der Waals surface area contributed by atoms with Crippen LogP contribution >= 0.6 is 12.2 Å². The minimum atomic E-state index is -0.0937. The van der Waals surface area contributed by atoms with Crippen molar-refractivity contribution < 1.29 is 9.90 Å². The lowest BCUT2D eigenvalue weighted by Gasteiger charge is -2.19. The van der Waals surface area contributed by atoms with Gasteiger partial charge in [-0.2, -0.15) is 0 Å². The number of carbonyl (C=O) groups is 1. The average Bonchev–Trinajstić information content (AvgIpc) is 2.48. The van der Waals surface area contributed by atoms with E-state index < -0.39 is 0 Å². The fourth-order valence-electron chi connectivity index (χ4n) is 1.79. The zero-order chi connectivity index (χ0) is 16.4. The molecule has 1 amide bonds. The number of carbonyl (C=O) groups excluding carboxylic acids is 1. The summed E-state index contributed by atoms with van der Waals surface area (Å²) in [6, 6.07) is 0. The van der Waals surface area contributed by atoms with Crippen LogP contribution in [0.1, 0.15) is 40.0 Å². The number of likely N-dealkylation sites (N-methyl/N-ethyl adjacent to an activating group) is 1. The second kappa shape index (κ2) is 10.5. The van der Waals surface area contributed by atoms with Crippen LogP contribution in [0.2, 0.25) is 0 Å². The van der Waals surface area contributed by atoms with E-state index >= 15 is 0 Å². The summed E-state index contributed by atoms with van der Waals surface area (Å²) in [7, 11) is 3.43. The van der Waals surface area contributed by atoms with Crippen molar-refractivity contribution in [1.29, 1.82) is 0 Å². The molecule has 0 rings (SSSR count). The summed E-state index contributed by atoms with van der Waals surface area (Å²) in [6.45, 7) is 5.61. The van der Waals surface area contributed by atoms with Gasteiger partial charge < -0.3 is 10.4 Å². The van der Waals surface area contributed by atoms with Crippen molar-refractivity contribution >= 4 is 29.3 Å². The highest BCUT2D eigenvalue weighted by molar-refractivity contribution is 7.80. The van der Waals surface area contributed by atoms with Crippen molar-refractivity contribution in [3.05, 3.63) is 11.4 Å². The van der Waals surface area contributed by atoms with Gasteiger partial charge in [-0.25, -0.2) is 4.99 Å². The van der Waals surface area contributed by atoms with E-state index in [0.717, 1.165) is 24.8 Å². The highest BCUT2D eigenvalue weighted by atomic mass is 32.1. The smallest absolute Gasteiger partial charge is 0.224 e. The van der Waals surface area contributed by atoms with Gasteiger partial charge >= 0.3 is 0 Å². The van der Waals surface area contributed by atoms with E-state index in [1.54, 1.807) is 14.1 Å². The van der Waals surface area contributed by atoms with Crippen molar-refractivity contribution in [3.8, 4) is 0 Å². The quantitative estimate of drug-likeness (QED) is 0.409. The number of rotatable bonds is 8. The van der Waals surface area contributed by atoms with Crippen LogP contribution in [0, 0.1) is 5.92 Å². The Bertz CT molecular complexity index is 419. The lowest BCUT2D eigenvalue weighted by atomic mass is 10.0. The average molecular weight is 313 g/mol. The van der Waals surface area contributed by atoms with E-state index in [4.69, 9.17) is 17.3 Å². The van der Waals surface area contributed by atoms with Gasteiger partial charge in [-0.15, -0.1) is 0 Å². The fraction of sp³-hybridized carbons (Fsp3) is 0.667. The van der Waals surface area contributed by atoms with Crippen molar-refractivity contribution in [1.82, 2.24) is 10.2 Å². The maximum Gasteiger partial charge on any atom is 0.224 e. The SMILES string of the molecule is CCC(C=N/C(=C(\C)C(=S)NC)N(C)C(C)=O)CCCO. The molecule has 0 radical (unpaired) electrons. The van der Waals surface area contributed by atoms with Crippen molar-refractivity contribution in [2.24, 2.45) is 10.9 Å². The molecule has 2 N–H and O–H groups in total. The van der Waals surface area contributed by atoms with Crippen LogP contribution in [0.5, 0.6) is 0 Å². The minimum Gasteiger partial charge on any atom is -0.396 e. The van der Waals surface area contributed by atoms with Gasteiger partial charge in [0.25, 0.3) is 0 Å².